The van der Waals surface area contributed by atoms with Crippen LogP contribution in [0.4, 0.5) is 11.4 Å². The predicted molar refractivity (Wildman–Crippen MR) is 165 cm³/mol. The number of methoxy groups -OCH3 is 1. The van der Waals surface area contributed by atoms with Crippen LogP contribution in [0.25, 0.3) is 10.8 Å². The van der Waals surface area contributed by atoms with Crippen LogP contribution in [-0.4, -0.2) is 66.8 Å². The second kappa shape index (κ2) is 12.2. The molecular weight excluding hydrogens is 554 g/mol. The van der Waals surface area contributed by atoms with Crippen LogP contribution in [0.2, 0.25) is 0 Å². The molecule has 3 heterocycles. The number of aliphatic imine (C=N–C) groups is 1. The number of carbonyl (C=O) groups excluding carboxylic acids is 2. The average molecular weight is 590 g/mol. The number of aromatic hydroxyl groups is 1. The average Bonchev–Trinajstić information content (AvgIpc) is 3.33. The highest BCUT2D eigenvalue weighted by atomic mass is 35.5. The van der Waals surface area contributed by atoms with Gasteiger partial charge in [0.25, 0.3) is 5.91 Å². The summed E-state index contributed by atoms with van der Waals surface area (Å²) < 4.78 is 11.6. The molecule has 8 nitrogen and oxygen atoms in total. The van der Waals surface area contributed by atoms with E-state index in [0.717, 1.165) is 67.1 Å². The number of hydrogen-bond acceptors (Lipinski definition) is 6. The smallest absolute Gasteiger partial charge is 0.256 e. The Bertz CT molecular complexity index is 1540. The lowest BCUT2D eigenvalue weighted by Gasteiger charge is -2.32. The van der Waals surface area contributed by atoms with Gasteiger partial charge in [0.2, 0.25) is 5.91 Å². The summed E-state index contributed by atoms with van der Waals surface area (Å²) in [5.41, 5.74) is 2.95. The minimum Gasteiger partial charge on any atom is -0.507 e. The van der Waals surface area contributed by atoms with Gasteiger partial charge in [0.15, 0.2) is 11.5 Å². The number of phenolic OH excluding ortho intramolecular Hbond substituents is 1. The van der Waals surface area contributed by atoms with Crippen LogP contribution in [0.15, 0.2) is 47.5 Å². The molecule has 220 valence electrons. The van der Waals surface area contributed by atoms with E-state index in [9.17, 15) is 14.7 Å². The Labute approximate surface area is 250 Å². The Morgan fingerprint density at radius 3 is 2.74 bits per heavy atom. The van der Waals surface area contributed by atoms with Crippen molar-refractivity contribution in [2.45, 2.75) is 56.9 Å². The van der Waals surface area contributed by atoms with E-state index >= 15 is 0 Å². The van der Waals surface area contributed by atoms with Crippen molar-refractivity contribution >= 4 is 51.8 Å². The van der Waals surface area contributed by atoms with Gasteiger partial charge in [-0.25, -0.2) is 0 Å². The maximum Gasteiger partial charge on any atom is 0.256 e. The van der Waals surface area contributed by atoms with E-state index in [1.54, 1.807) is 30.2 Å². The van der Waals surface area contributed by atoms with Gasteiger partial charge >= 0.3 is 0 Å². The number of ether oxygens (including phenoxy) is 2. The Kier molecular flexibility index (Phi) is 8.24. The number of alkyl halides is 1. The molecule has 1 saturated heterocycles. The number of phenols is 1. The lowest BCUT2D eigenvalue weighted by Crippen LogP contribution is -2.43. The van der Waals surface area contributed by atoms with Gasteiger partial charge in [0.1, 0.15) is 5.75 Å². The van der Waals surface area contributed by atoms with Gasteiger partial charge in [-0.1, -0.05) is 24.3 Å². The van der Waals surface area contributed by atoms with Gasteiger partial charge in [-0.2, -0.15) is 0 Å². The van der Waals surface area contributed by atoms with Crippen molar-refractivity contribution in [1.82, 2.24) is 4.90 Å². The second-order valence-corrected chi connectivity index (χ2v) is 11.6. The van der Waals surface area contributed by atoms with Crippen molar-refractivity contribution in [3.05, 3.63) is 53.6 Å². The summed E-state index contributed by atoms with van der Waals surface area (Å²) in [7, 11) is 1.57. The fourth-order valence-corrected chi connectivity index (χ4v) is 6.70. The number of benzene rings is 3. The molecule has 1 N–H and O–H groups in total. The first-order valence-corrected chi connectivity index (χ1v) is 15.3. The summed E-state index contributed by atoms with van der Waals surface area (Å²) in [4.78, 5) is 34.8. The number of carbonyl (C=O) groups is 2. The van der Waals surface area contributed by atoms with Crippen molar-refractivity contribution in [1.29, 1.82) is 0 Å². The summed E-state index contributed by atoms with van der Waals surface area (Å²) in [6, 6.07) is 13.0. The number of nitrogens with zero attached hydrogens (tertiary/aromatic N) is 3. The number of hydrogen-bond donors (Lipinski definition) is 1. The minimum absolute atomic E-state index is 0.0110. The molecule has 6 rings (SSSR count). The van der Waals surface area contributed by atoms with Crippen LogP contribution in [0.3, 0.4) is 0 Å². The number of unbranched alkanes of at least 4 members (excludes halogenated alkanes) is 2. The summed E-state index contributed by atoms with van der Waals surface area (Å²) in [5, 5.41) is 12.3. The van der Waals surface area contributed by atoms with Crippen LogP contribution in [-0.2, 0) is 4.79 Å². The zero-order valence-corrected chi connectivity index (χ0v) is 24.6. The molecule has 0 aromatic heterocycles. The standard InChI is InChI=1S/C33H36ClN3O5/c1-41-29-15-25-26(35-19-22-9-6-7-13-36(22)33(25)40)16-30(29)42-14-8-2-3-12-31(39)37-20-21(18-34)32-24-11-5-4-10-23(24)28(38)17-27(32)37/h4-5,10-11,15-17,19,21-22,38H,2-3,6-9,12-14,18,20H2,1H3/t21-,22+/m1/s1. The molecule has 2 atom stereocenters. The van der Waals surface area contributed by atoms with Crippen LogP contribution in [0, 0.1) is 0 Å². The highest BCUT2D eigenvalue weighted by Crippen LogP contribution is 2.45. The molecule has 1 fully saturated rings. The monoisotopic (exact) mass is 589 g/mol. The molecule has 0 spiro atoms. The van der Waals surface area contributed by atoms with E-state index in [0.29, 0.717) is 48.2 Å². The first-order chi connectivity index (χ1) is 20.5. The molecule has 0 saturated carbocycles. The fourth-order valence-electron chi connectivity index (χ4n) is 6.45. The summed E-state index contributed by atoms with van der Waals surface area (Å²) in [5.74, 6) is 1.71. The lowest BCUT2D eigenvalue weighted by atomic mass is 9.95. The van der Waals surface area contributed by atoms with E-state index < -0.39 is 0 Å². The highest BCUT2D eigenvalue weighted by molar-refractivity contribution is 6.19. The van der Waals surface area contributed by atoms with E-state index in [1.165, 1.54) is 0 Å². The molecule has 3 aliphatic rings. The molecule has 42 heavy (non-hydrogen) atoms. The molecule has 0 aliphatic carbocycles. The van der Waals surface area contributed by atoms with Gasteiger partial charge < -0.3 is 24.4 Å². The number of amides is 2. The molecule has 3 aliphatic heterocycles. The van der Waals surface area contributed by atoms with E-state index in [2.05, 4.69) is 4.99 Å². The van der Waals surface area contributed by atoms with Crippen molar-refractivity contribution in [2.24, 2.45) is 4.99 Å². The van der Waals surface area contributed by atoms with Crippen LogP contribution < -0.4 is 14.4 Å². The zero-order valence-electron chi connectivity index (χ0n) is 23.9. The van der Waals surface area contributed by atoms with Gasteiger partial charge in [-0.15, -0.1) is 11.6 Å². The van der Waals surface area contributed by atoms with Crippen molar-refractivity contribution in [3.8, 4) is 17.2 Å². The van der Waals surface area contributed by atoms with Gasteiger partial charge in [-0.3, -0.25) is 14.6 Å². The minimum atomic E-state index is -0.0110. The van der Waals surface area contributed by atoms with Crippen molar-refractivity contribution in [3.63, 3.8) is 0 Å². The molecule has 3 aromatic carbocycles. The first kappa shape index (κ1) is 28.3. The third-order valence-electron chi connectivity index (χ3n) is 8.63. The maximum absolute atomic E-state index is 13.2. The number of rotatable bonds is 9. The third-order valence-corrected chi connectivity index (χ3v) is 9.01. The summed E-state index contributed by atoms with van der Waals surface area (Å²) in [6.07, 6.45) is 7.62. The van der Waals surface area contributed by atoms with Gasteiger partial charge in [0, 0.05) is 55.0 Å². The van der Waals surface area contributed by atoms with E-state index in [4.69, 9.17) is 21.1 Å². The molecule has 9 heteroatoms. The quantitative estimate of drug-likeness (QED) is 0.225. The molecule has 2 amide bonds. The SMILES string of the molecule is COc1cc2c(cc1OCCCCCC(=O)N1C[C@@H](CCl)c3c1cc(O)c1ccccc31)N=C[C@@H]1CCCCN1C2=O. The molecule has 0 bridgehead atoms. The number of piperidine rings is 1. The Balaban J connectivity index is 1.05. The van der Waals surface area contributed by atoms with Crippen molar-refractivity contribution in [2.75, 3.05) is 37.6 Å². The number of halogens is 1. The topological polar surface area (TPSA) is 91.7 Å². The summed E-state index contributed by atoms with van der Waals surface area (Å²) in [6.45, 7) is 1.72. The number of fused-ring (bicyclic) bond motifs is 5. The lowest BCUT2D eigenvalue weighted by molar-refractivity contribution is -0.118. The number of anilines is 1. The molecule has 0 radical (unpaired) electrons. The van der Waals surface area contributed by atoms with Crippen LogP contribution >= 0.6 is 11.6 Å². The zero-order chi connectivity index (χ0) is 29.2. The van der Waals surface area contributed by atoms with Crippen molar-refractivity contribution < 1.29 is 24.2 Å². The Hall–Kier alpha value is -3.78. The van der Waals surface area contributed by atoms with Crippen LogP contribution in [0.5, 0.6) is 17.2 Å². The fraction of sp³-hybridized carbons (Fsp3) is 0.424. The second-order valence-electron chi connectivity index (χ2n) is 11.2. The highest BCUT2D eigenvalue weighted by Gasteiger charge is 2.34. The predicted octanol–water partition coefficient (Wildman–Crippen LogP) is 6.57. The van der Waals surface area contributed by atoms with Gasteiger partial charge in [0.05, 0.1) is 36.7 Å². The molecule has 3 aromatic rings. The molecular formula is C33H36ClN3O5. The Morgan fingerprint density at radius 2 is 1.93 bits per heavy atom. The largest absolute Gasteiger partial charge is 0.507 e. The maximum atomic E-state index is 13.2. The van der Waals surface area contributed by atoms with Gasteiger partial charge in [-0.05, 0) is 55.5 Å². The summed E-state index contributed by atoms with van der Waals surface area (Å²) >= 11 is 6.31. The van der Waals surface area contributed by atoms with E-state index in [1.807, 2.05) is 35.4 Å². The first-order valence-electron chi connectivity index (χ1n) is 14.8. The Morgan fingerprint density at radius 1 is 1.10 bits per heavy atom. The van der Waals surface area contributed by atoms with E-state index in [-0.39, 0.29) is 29.5 Å². The molecule has 0 unspecified atom stereocenters. The normalized spacial score (nSPS) is 19.3. The third kappa shape index (κ3) is 5.28. The van der Waals surface area contributed by atoms with Crippen LogP contribution in [0.1, 0.15) is 66.8 Å².